The second-order valence-electron chi connectivity index (χ2n) is 5.69. The van der Waals surface area contributed by atoms with E-state index in [0.29, 0.717) is 5.92 Å². The van der Waals surface area contributed by atoms with Gasteiger partial charge in [0.25, 0.3) is 0 Å². The first kappa shape index (κ1) is 15.8. The van der Waals surface area contributed by atoms with Crippen molar-refractivity contribution in [3.05, 3.63) is 30.1 Å². The summed E-state index contributed by atoms with van der Waals surface area (Å²) in [5.41, 5.74) is 3.68. The Bertz CT molecular complexity index is 568. The average molecular weight is 289 g/mol. The zero-order valence-corrected chi connectivity index (χ0v) is 13.6. The van der Waals surface area contributed by atoms with Gasteiger partial charge in [-0.25, -0.2) is 4.52 Å². The summed E-state index contributed by atoms with van der Waals surface area (Å²) in [5.74, 6) is 0.494. The molecular formula is C17H27N3O. The molecule has 3 rings (SSSR count). The predicted molar refractivity (Wildman–Crippen MR) is 88.1 cm³/mol. The van der Waals surface area contributed by atoms with Crippen molar-refractivity contribution in [2.75, 3.05) is 18.0 Å². The molecule has 0 saturated carbocycles. The second-order valence-corrected chi connectivity index (χ2v) is 5.69. The lowest BCUT2D eigenvalue weighted by atomic mass is 10.1. The molecule has 1 N–H and O–H groups in total. The van der Waals surface area contributed by atoms with Crippen molar-refractivity contribution in [3.8, 4) is 0 Å². The zero-order valence-electron chi connectivity index (χ0n) is 13.6. The van der Waals surface area contributed by atoms with Crippen LogP contribution < -0.4 is 4.90 Å². The lowest BCUT2D eigenvalue weighted by Crippen LogP contribution is -2.35. The van der Waals surface area contributed by atoms with Crippen molar-refractivity contribution in [1.29, 1.82) is 0 Å². The Morgan fingerprint density at radius 1 is 1.19 bits per heavy atom. The molecule has 4 nitrogen and oxygen atoms in total. The highest BCUT2D eigenvalue weighted by Crippen LogP contribution is 2.24. The highest BCUT2D eigenvalue weighted by atomic mass is 16.3. The molecule has 0 aromatic carbocycles. The van der Waals surface area contributed by atoms with Crippen LogP contribution >= 0.6 is 0 Å². The van der Waals surface area contributed by atoms with Crippen molar-refractivity contribution in [3.63, 3.8) is 0 Å². The summed E-state index contributed by atoms with van der Waals surface area (Å²) >= 11 is 0. The molecule has 0 unspecified atom stereocenters. The number of hydrogen-bond donors (Lipinski definition) is 1. The van der Waals surface area contributed by atoms with Gasteiger partial charge in [-0.3, -0.25) is 0 Å². The molecule has 0 bridgehead atoms. The largest absolute Gasteiger partial charge is 0.393 e. The van der Waals surface area contributed by atoms with Crippen LogP contribution in [0.1, 0.15) is 52.0 Å². The fraction of sp³-hybridized carbons (Fsp3) is 0.588. The summed E-state index contributed by atoms with van der Waals surface area (Å²) < 4.78 is 1.97. The molecule has 2 aromatic rings. The van der Waals surface area contributed by atoms with Gasteiger partial charge in [0.15, 0.2) is 0 Å². The highest BCUT2D eigenvalue weighted by molar-refractivity contribution is 5.60. The van der Waals surface area contributed by atoms with Crippen molar-refractivity contribution in [1.82, 2.24) is 9.61 Å². The molecule has 2 aromatic heterocycles. The number of anilines is 1. The first-order chi connectivity index (χ1) is 10.1. The maximum absolute atomic E-state index is 9.57. The van der Waals surface area contributed by atoms with Crippen LogP contribution in [-0.2, 0) is 0 Å². The predicted octanol–water partition coefficient (Wildman–Crippen LogP) is 3.45. The summed E-state index contributed by atoms with van der Waals surface area (Å²) in [6, 6.07) is 4.32. The maximum atomic E-state index is 9.57. The van der Waals surface area contributed by atoms with Crippen molar-refractivity contribution in [2.24, 2.45) is 0 Å². The Hall–Kier alpha value is -1.55. The molecule has 0 spiro atoms. The summed E-state index contributed by atoms with van der Waals surface area (Å²) in [6.07, 6.45) is 5.64. The third kappa shape index (κ3) is 3.38. The van der Waals surface area contributed by atoms with Gasteiger partial charge in [0.1, 0.15) is 0 Å². The van der Waals surface area contributed by atoms with Gasteiger partial charge in [-0.05, 0) is 30.9 Å². The summed E-state index contributed by atoms with van der Waals surface area (Å²) in [4.78, 5) is 2.32. The summed E-state index contributed by atoms with van der Waals surface area (Å²) in [7, 11) is 0. The Morgan fingerprint density at radius 2 is 1.86 bits per heavy atom. The van der Waals surface area contributed by atoms with E-state index in [1.165, 1.54) is 16.8 Å². The number of aliphatic hydroxyl groups excluding tert-OH is 1. The van der Waals surface area contributed by atoms with E-state index in [2.05, 4.69) is 42.2 Å². The standard InChI is InChI=1S/C15H21N3O.C2H6/c1-11(2)14-9-16-18-10-12(3-4-15(14)18)17-7-5-13(19)6-8-17;1-2/h3-4,9-11,13,19H,5-8H2,1-2H3;1-2H3. The molecule has 1 saturated heterocycles. The number of hydrogen-bond acceptors (Lipinski definition) is 3. The van der Waals surface area contributed by atoms with Crippen LogP contribution in [-0.4, -0.2) is 33.9 Å². The van der Waals surface area contributed by atoms with Crippen LogP contribution in [0.5, 0.6) is 0 Å². The maximum Gasteiger partial charge on any atom is 0.0697 e. The summed E-state index contributed by atoms with van der Waals surface area (Å²) in [6.45, 7) is 10.2. The summed E-state index contributed by atoms with van der Waals surface area (Å²) in [5, 5.41) is 14.0. The first-order valence-electron chi connectivity index (χ1n) is 8.05. The Morgan fingerprint density at radius 3 is 2.48 bits per heavy atom. The number of piperidine rings is 1. The topological polar surface area (TPSA) is 40.8 Å². The molecule has 116 valence electrons. The molecule has 21 heavy (non-hydrogen) atoms. The van der Waals surface area contributed by atoms with Gasteiger partial charge in [0, 0.05) is 18.7 Å². The van der Waals surface area contributed by atoms with E-state index in [1.54, 1.807) is 0 Å². The first-order valence-corrected chi connectivity index (χ1v) is 8.05. The molecule has 1 aliphatic rings. The van der Waals surface area contributed by atoms with Gasteiger partial charge >= 0.3 is 0 Å². The minimum atomic E-state index is -0.128. The molecule has 1 aliphatic heterocycles. The quantitative estimate of drug-likeness (QED) is 0.920. The van der Waals surface area contributed by atoms with E-state index in [-0.39, 0.29) is 6.10 Å². The molecule has 0 radical (unpaired) electrons. The minimum absolute atomic E-state index is 0.128. The van der Waals surface area contributed by atoms with Crippen molar-refractivity contribution in [2.45, 2.75) is 52.6 Å². The lowest BCUT2D eigenvalue weighted by molar-refractivity contribution is 0.145. The van der Waals surface area contributed by atoms with Gasteiger partial charge in [-0.1, -0.05) is 27.7 Å². The van der Waals surface area contributed by atoms with Crippen LogP contribution in [0.4, 0.5) is 5.69 Å². The fourth-order valence-corrected chi connectivity index (χ4v) is 2.75. The SMILES string of the molecule is CC.CC(C)c1cnn2cc(N3CCC(O)CC3)ccc12. The van der Waals surface area contributed by atoms with E-state index < -0.39 is 0 Å². The molecule has 3 heterocycles. The number of aromatic nitrogens is 2. The Labute approximate surface area is 127 Å². The van der Waals surface area contributed by atoms with E-state index in [9.17, 15) is 5.11 Å². The van der Waals surface area contributed by atoms with Crippen LogP contribution in [0.3, 0.4) is 0 Å². The van der Waals surface area contributed by atoms with Gasteiger partial charge in [-0.15, -0.1) is 0 Å². The van der Waals surface area contributed by atoms with E-state index in [4.69, 9.17) is 0 Å². The average Bonchev–Trinajstić information content (AvgIpc) is 2.93. The Kier molecular flexibility index (Phi) is 5.23. The van der Waals surface area contributed by atoms with E-state index in [1.807, 2.05) is 24.6 Å². The number of pyridine rings is 1. The fourth-order valence-electron chi connectivity index (χ4n) is 2.75. The monoisotopic (exact) mass is 289 g/mol. The lowest BCUT2D eigenvalue weighted by Gasteiger charge is -2.31. The third-order valence-corrected chi connectivity index (χ3v) is 3.98. The van der Waals surface area contributed by atoms with Crippen molar-refractivity contribution >= 4 is 11.2 Å². The van der Waals surface area contributed by atoms with Crippen LogP contribution in [0.15, 0.2) is 24.5 Å². The zero-order chi connectivity index (χ0) is 15.4. The highest BCUT2D eigenvalue weighted by Gasteiger charge is 2.18. The van der Waals surface area contributed by atoms with Crippen LogP contribution in [0.2, 0.25) is 0 Å². The Balaban J connectivity index is 0.000000774. The molecule has 4 heteroatoms. The number of aliphatic hydroxyl groups is 1. The number of rotatable bonds is 2. The van der Waals surface area contributed by atoms with Gasteiger partial charge in [0.2, 0.25) is 0 Å². The van der Waals surface area contributed by atoms with Crippen molar-refractivity contribution < 1.29 is 5.11 Å². The number of fused-ring (bicyclic) bond motifs is 1. The third-order valence-electron chi connectivity index (χ3n) is 3.98. The smallest absolute Gasteiger partial charge is 0.0697 e. The second kappa shape index (κ2) is 6.94. The molecule has 1 fully saturated rings. The molecular weight excluding hydrogens is 262 g/mol. The van der Waals surface area contributed by atoms with E-state index in [0.717, 1.165) is 25.9 Å². The minimum Gasteiger partial charge on any atom is -0.393 e. The molecule has 0 aliphatic carbocycles. The molecule has 0 amide bonds. The van der Waals surface area contributed by atoms with Crippen LogP contribution in [0, 0.1) is 0 Å². The van der Waals surface area contributed by atoms with Gasteiger partial charge in [0.05, 0.1) is 29.7 Å². The van der Waals surface area contributed by atoms with Gasteiger partial charge < -0.3 is 10.0 Å². The van der Waals surface area contributed by atoms with E-state index >= 15 is 0 Å². The van der Waals surface area contributed by atoms with Gasteiger partial charge in [-0.2, -0.15) is 5.10 Å². The molecule has 0 atom stereocenters. The van der Waals surface area contributed by atoms with Crippen LogP contribution in [0.25, 0.3) is 5.52 Å². The number of nitrogens with zero attached hydrogens (tertiary/aromatic N) is 3. The normalized spacial score (nSPS) is 16.2.